The average molecular weight is 125 g/mol. The molecule has 0 N–H and O–H groups in total. The van der Waals surface area contributed by atoms with Gasteiger partial charge in [0.05, 0.1) is 5.71 Å². The van der Waals surface area contributed by atoms with Crippen LogP contribution in [-0.2, 0) is 0 Å². The molecule has 52 valence electrons. The van der Waals surface area contributed by atoms with Crippen molar-refractivity contribution in [3.05, 3.63) is 0 Å². The summed E-state index contributed by atoms with van der Waals surface area (Å²) in [4.78, 5) is 3.82. The van der Waals surface area contributed by atoms with Crippen LogP contribution in [0.4, 0.5) is 0 Å². The molecule has 0 radical (unpaired) electrons. The van der Waals surface area contributed by atoms with E-state index in [9.17, 15) is 0 Å². The Balaban J connectivity index is 0. The highest BCUT2D eigenvalue weighted by Crippen LogP contribution is 1.67. The maximum Gasteiger partial charge on any atom is 0.0809 e. The topological polar surface area (TPSA) is 12.4 Å². The maximum absolute atomic E-state index is 3.82. The van der Waals surface area contributed by atoms with Crippen LogP contribution in [-0.4, -0.2) is 12.8 Å². The van der Waals surface area contributed by atoms with Crippen LogP contribution >= 0.6 is 0 Å². The second-order valence-electron chi connectivity index (χ2n) is 1.18. The van der Waals surface area contributed by atoms with E-state index in [1.165, 1.54) is 0 Å². The molecule has 0 aromatic rings. The zero-order chi connectivity index (χ0) is 7.70. The zero-order valence-electron chi connectivity index (χ0n) is 6.95. The molecular weight excluding hydrogens is 110 g/mol. The Bertz CT molecular complexity index is 123. The van der Waals surface area contributed by atoms with Gasteiger partial charge in [-0.1, -0.05) is 19.8 Å². The molecule has 0 rings (SSSR count). The van der Waals surface area contributed by atoms with E-state index in [4.69, 9.17) is 0 Å². The Morgan fingerprint density at radius 1 is 1.33 bits per heavy atom. The molecule has 0 atom stereocenters. The molecule has 0 unspecified atom stereocenters. The minimum absolute atomic E-state index is 0.891. The highest BCUT2D eigenvalue weighted by molar-refractivity contribution is 5.98. The fraction of sp³-hybridized carbons (Fsp3) is 0.625. The number of hydrogen-bond donors (Lipinski definition) is 0. The molecule has 0 heterocycles. The first-order valence-electron chi connectivity index (χ1n) is 3.17. The van der Waals surface area contributed by atoms with E-state index in [-0.39, 0.29) is 0 Å². The second-order valence-corrected chi connectivity index (χ2v) is 1.18. The van der Waals surface area contributed by atoms with Crippen molar-refractivity contribution in [3.63, 3.8) is 0 Å². The van der Waals surface area contributed by atoms with Gasteiger partial charge in [0.15, 0.2) is 0 Å². The lowest BCUT2D eigenvalue weighted by Crippen LogP contribution is -1.80. The van der Waals surface area contributed by atoms with Gasteiger partial charge in [0, 0.05) is 7.05 Å². The first-order chi connectivity index (χ1) is 4.31. The minimum Gasteiger partial charge on any atom is -0.284 e. The standard InChI is InChI=1S/C6H9N.C2H6/c1-4-5-6(2)7-3;1-2/h1-3H3;1-2H3. The summed E-state index contributed by atoms with van der Waals surface area (Å²) in [6, 6.07) is 0. The third-order valence-corrected chi connectivity index (χ3v) is 0.641. The third kappa shape index (κ3) is 11.1. The van der Waals surface area contributed by atoms with Crippen molar-refractivity contribution in [2.24, 2.45) is 4.99 Å². The molecule has 0 saturated heterocycles. The fourth-order valence-electron chi connectivity index (χ4n) is 0.237. The first kappa shape index (κ1) is 11.1. The van der Waals surface area contributed by atoms with Crippen LogP contribution < -0.4 is 0 Å². The smallest absolute Gasteiger partial charge is 0.0809 e. The molecule has 1 heteroatoms. The highest BCUT2D eigenvalue weighted by Gasteiger charge is 1.70. The number of rotatable bonds is 0. The summed E-state index contributed by atoms with van der Waals surface area (Å²) in [5, 5.41) is 0. The molecule has 0 aliphatic carbocycles. The summed E-state index contributed by atoms with van der Waals surface area (Å²) < 4.78 is 0. The van der Waals surface area contributed by atoms with Gasteiger partial charge in [-0.2, -0.15) is 0 Å². The lowest BCUT2D eigenvalue weighted by molar-refractivity contribution is 1.44. The van der Waals surface area contributed by atoms with Crippen LogP contribution in [0, 0.1) is 11.8 Å². The van der Waals surface area contributed by atoms with E-state index in [1.807, 2.05) is 20.8 Å². The van der Waals surface area contributed by atoms with Crippen molar-refractivity contribution in [3.8, 4) is 11.8 Å². The largest absolute Gasteiger partial charge is 0.284 e. The molecule has 0 fully saturated rings. The summed E-state index contributed by atoms with van der Waals surface area (Å²) in [5.74, 6) is 5.53. The van der Waals surface area contributed by atoms with Gasteiger partial charge in [-0.15, -0.1) is 5.92 Å². The maximum atomic E-state index is 3.82. The number of hydrogen-bond acceptors (Lipinski definition) is 1. The van der Waals surface area contributed by atoms with Crippen molar-refractivity contribution in [2.45, 2.75) is 27.7 Å². The van der Waals surface area contributed by atoms with Crippen LogP contribution in [0.15, 0.2) is 4.99 Å². The van der Waals surface area contributed by atoms with Crippen LogP contribution in [0.5, 0.6) is 0 Å². The lowest BCUT2D eigenvalue weighted by Gasteiger charge is -1.76. The van der Waals surface area contributed by atoms with Crippen LogP contribution in [0.2, 0.25) is 0 Å². The first-order valence-corrected chi connectivity index (χ1v) is 3.17. The Morgan fingerprint density at radius 2 is 1.78 bits per heavy atom. The molecule has 0 aliphatic rings. The number of nitrogens with zero attached hydrogens (tertiary/aromatic N) is 1. The molecule has 0 saturated carbocycles. The van der Waals surface area contributed by atoms with Gasteiger partial charge in [-0.3, -0.25) is 4.99 Å². The molecule has 1 nitrogen and oxygen atoms in total. The molecule has 0 bridgehead atoms. The van der Waals surface area contributed by atoms with Gasteiger partial charge < -0.3 is 0 Å². The van der Waals surface area contributed by atoms with Crippen LogP contribution in [0.3, 0.4) is 0 Å². The lowest BCUT2D eigenvalue weighted by atomic mass is 10.4. The second kappa shape index (κ2) is 10.3. The Morgan fingerprint density at radius 3 is 1.89 bits per heavy atom. The summed E-state index contributed by atoms with van der Waals surface area (Å²) in [7, 11) is 1.74. The summed E-state index contributed by atoms with van der Waals surface area (Å²) in [6.07, 6.45) is 0. The fourth-order valence-corrected chi connectivity index (χ4v) is 0.237. The quantitative estimate of drug-likeness (QED) is 0.347. The van der Waals surface area contributed by atoms with Gasteiger partial charge >= 0.3 is 0 Å². The average Bonchev–Trinajstić information content (AvgIpc) is 1.93. The van der Waals surface area contributed by atoms with Crippen LogP contribution in [0.1, 0.15) is 27.7 Å². The predicted octanol–water partition coefficient (Wildman–Crippen LogP) is 2.13. The van der Waals surface area contributed by atoms with E-state index >= 15 is 0 Å². The van der Waals surface area contributed by atoms with Crippen molar-refractivity contribution >= 4 is 5.71 Å². The Hall–Kier alpha value is -0.770. The van der Waals surface area contributed by atoms with E-state index in [0.29, 0.717) is 0 Å². The molecule has 0 aromatic heterocycles. The molecule has 0 amide bonds. The normalized spacial score (nSPS) is 8.33. The van der Waals surface area contributed by atoms with Crippen LogP contribution in [0.25, 0.3) is 0 Å². The Labute approximate surface area is 58.2 Å². The van der Waals surface area contributed by atoms with E-state index in [2.05, 4.69) is 16.8 Å². The molecule has 9 heavy (non-hydrogen) atoms. The summed E-state index contributed by atoms with van der Waals surface area (Å²) >= 11 is 0. The molecule has 0 aliphatic heterocycles. The SMILES string of the molecule is CC.CC#CC(C)=NC. The number of aliphatic imine (C=N–C) groups is 1. The van der Waals surface area contributed by atoms with E-state index < -0.39 is 0 Å². The zero-order valence-corrected chi connectivity index (χ0v) is 6.95. The Kier molecular flexibility index (Phi) is 12.6. The molecule has 0 spiro atoms. The van der Waals surface area contributed by atoms with E-state index in [1.54, 1.807) is 14.0 Å². The van der Waals surface area contributed by atoms with Crippen molar-refractivity contribution in [2.75, 3.05) is 7.05 Å². The summed E-state index contributed by atoms with van der Waals surface area (Å²) in [5.41, 5.74) is 0.891. The van der Waals surface area contributed by atoms with Gasteiger partial charge in [-0.25, -0.2) is 0 Å². The van der Waals surface area contributed by atoms with Gasteiger partial charge in [0.25, 0.3) is 0 Å². The minimum atomic E-state index is 0.891. The summed E-state index contributed by atoms with van der Waals surface area (Å²) in [6.45, 7) is 7.69. The van der Waals surface area contributed by atoms with Crippen molar-refractivity contribution in [1.82, 2.24) is 0 Å². The van der Waals surface area contributed by atoms with Gasteiger partial charge in [0.2, 0.25) is 0 Å². The van der Waals surface area contributed by atoms with Crippen molar-refractivity contribution in [1.29, 1.82) is 0 Å². The highest BCUT2D eigenvalue weighted by atomic mass is 14.7. The third-order valence-electron chi connectivity index (χ3n) is 0.641. The predicted molar refractivity (Wildman–Crippen MR) is 43.8 cm³/mol. The van der Waals surface area contributed by atoms with E-state index in [0.717, 1.165) is 5.71 Å². The van der Waals surface area contributed by atoms with Gasteiger partial charge in [0.1, 0.15) is 0 Å². The van der Waals surface area contributed by atoms with Gasteiger partial charge in [-0.05, 0) is 13.8 Å². The molecule has 0 aromatic carbocycles. The monoisotopic (exact) mass is 125 g/mol. The molecular formula is C8H15N. The van der Waals surface area contributed by atoms with Crippen molar-refractivity contribution < 1.29 is 0 Å².